The number of halogens is 1. The number of fused-ring (bicyclic) bond motifs is 1. The number of hydrogen-bond donors (Lipinski definition) is 0. The van der Waals surface area contributed by atoms with Gasteiger partial charge in [-0.25, -0.2) is 8.42 Å². The average molecular weight is 195 g/mol. The molecular formula is C7H11ClO2S. The van der Waals surface area contributed by atoms with Gasteiger partial charge in [0.1, 0.15) is 0 Å². The standard InChI is InChI=1S/C7H11ClO2S/c8-11(9,10)7-4-2-1-3-6(7)5-7/h6H,1-5H2/t6-,7+/m1/s1. The lowest BCUT2D eigenvalue weighted by atomic mass is 10.0. The maximum absolute atomic E-state index is 11.1. The summed E-state index contributed by atoms with van der Waals surface area (Å²) in [5, 5.41) is 0. The van der Waals surface area contributed by atoms with E-state index in [2.05, 4.69) is 0 Å². The summed E-state index contributed by atoms with van der Waals surface area (Å²) >= 11 is 0. The Bertz CT molecular complexity index is 272. The van der Waals surface area contributed by atoms with Crippen molar-refractivity contribution in [3.8, 4) is 0 Å². The molecular weight excluding hydrogens is 184 g/mol. The molecule has 2 fully saturated rings. The average Bonchev–Trinajstić information content (AvgIpc) is 2.59. The monoisotopic (exact) mass is 194 g/mol. The highest BCUT2D eigenvalue weighted by atomic mass is 35.7. The van der Waals surface area contributed by atoms with Crippen LogP contribution in [0.5, 0.6) is 0 Å². The molecule has 2 nitrogen and oxygen atoms in total. The normalized spacial score (nSPS) is 43.2. The van der Waals surface area contributed by atoms with Gasteiger partial charge in [0.2, 0.25) is 9.05 Å². The molecule has 0 saturated heterocycles. The molecule has 0 radical (unpaired) electrons. The predicted molar refractivity (Wildman–Crippen MR) is 44.1 cm³/mol. The Morgan fingerprint density at radius 3 is 2.55 bits per heavy atom. The van der Waals surface area contributed by atoms with Gasteiger partial charge in [0.25, 0.3) is 0 Å². The van der Waals surface area contributed by atoms with E-state index in [1.165, 1.54) is 6.42 Å². The van der Waals surface area contributed by atoms with Gasteiger partial charge in [0, 0.05) is 10.7 Å². The van der Waals surface area contributed by atoms with Crippen LogP contribution in [0.4, 0.5) is 0 Å². The smallest absolute Gasteiger partial charge is 0.212 e. The molecule has 0 amide bonds. The lowest BCUT2D eigenvalue weighted by molar-refractivity contribution is 0.480. The molecule has 64 valence electrons. The largest absolute Gasteiger partial charge is 0.238 e. The van der Waals surface area contributed by atoms with Crippen LogP contribution in [0.3, 0.4) is 0 Å². The van der Waals surface area contributed by atoms with Gasteiger partial charge in [0.15, 0.2) is 0 Å². The van der Waals surface area contributed by atoms with Crippen LogP contribution in [0.15, 0.2) is 0 Å². The van der Waals surface area contributed by atoms with E-state index in [0.717, 1.165) is 25.7 Å². The van der Waals surface area contributed by atoms with E-state index < -0.39 is 13.8 Å². The molecule has 2 aliphatic carbocycles. The summed E-state index contributed by atoms with van der Waals surface area (Å²) in [6.07, 6.45) is 4.88. The van der Waals surface area contributed by atoms with Gasteiger partial charge in [-0.2, -0.15) is 0 Å². The summed E-state index contributed by atoms with van der Waals surface area (Å²) in [5.41, 5.74) is 0. The maximum atomic E-state index is 11.1. The SMILES string of the molecule is O=S(=O)(Cl)[C@]12CCCC[C@@H]1C2. The molecule has 0 aromatic rings. The molecule has 0 aliphatic heterocycles. The molecule has 2 aliphatic rings. The summed E-state index contributed by atoms with van der Waals surface area (Å²) in [6, 6.07) is 0. The van der Waals surface area contributed by atoms with Crippen LogP contribution in [0.25, 0.3) is 0 Å². The molecule has 0 bridgehead atoms. The number of rotatable bonds is 1. The van der Waals surface area contributed by atoms with Gasteiger partial charge >= 0.3 is 0 Å². The summed E-state index contributed by atoms with van der Waals surface area (Å²) in [5.74, 6) is 0.388. The fourth-order valence-electron chi connectivity index (χ4n) is 2.26. The van der Waals surface area contributed by atoms with Crippen molar-refractivity contribution in [1.29, 1.82) is 0 Å². The Balaban J connectivity index is 2.27. The lowest BCUT2D eigenvalue weighted by Crippen LogP contribution is -2.23. The molecule has 0 heterocycles. The molecule has 0 aromatic heterocycles. The van der Waals surface area contributed by atoms with Crippen LogP contribution in [0.1, 0.15) is 32.1 Å². The van der Waals surface area contributed by atoms with Crippen LogP contribution in [0, 0.1) is 5.92 Å². The van der Waals surface area contributed by atoms with Crippen LogP contribution < -0.4 is 0 Å². The van der Waals surface area contributed by atoms with E-state index in [1.54, 1.807) is 0 Å². The van der Waals surface area contributed by atoms with Crippen molar-refractivity contribution in [3.05, 3.63) is 0 Å². The molecule has 0 spiro atoms. The van der Waals surface area contributed by atoms with E-state index in [0.29, 0.717) is 5.92 Å². The first-order valence-electron chi connectivity index (χ1n) is 4.00. The third-order valence-electron chi connectivity index (χ3n) is 3.06. The van der Waals surface area contributed by atoms with Crippen LogP contribution in [0.2, 0.25) is 0 Å². The Hall–Kier alpha value is 0.240. The second-order valence-electron chi connectivity index (χ2n) is 3.65. The zero-order valence-electron chi connectivity index (χ0n) is 6.22. The fraction of sp³-hybridized carbons (Fsp3) is 1.00. The highest BCUT2D eigenvalue weighted by Gasteiger charge is 2.63. The van der Waals surface area contributed by atoms with Gasteiger partial charge in [-0.3, -0.25) is 0 Å². The molecule has 4 heteroatoms. The van der Waals surface area contributed by atoms with Crippen molar-refractivity contribution in [2.75, 3.05) is 0 Å². The van der Waals surface area contributed by atoms with Crippen LogP contribution in [-0.4, -0.2) is 13.2 Å². The minimum Gasteiger partial charge on any atom is -0.212 e. The zero-order valence-corrected chi connectivity index (χ0v) is 7.79. The number of hydrogen-bond acceptors (Lipinski definition) is 2. The molecule has 0 N–H and O–H groups in total. The highest BCUT2D eigenvalue weighted by molar-refractivity contribution is 8.15. The van der Waals surface area contributed by atoms with Crippen molar-refractivity contribution in [3.63, 3.8) is 0 Å². The van der Waals surface area contributed by atoms with Gasteiger partial charge in [-0.15, -0.1) is 0 Å². The molecule has 11 heavy (non-hydrogen) atoms. The minimum atomic E-state index is -3.28. The van der Waals surface area contributed by atoms with E-state index in [9.17, 15) is 8.42 Å². The van der Waals surface area contributed by atoms with Crippen molar-refractivity contribution in [1.82, 2.24) is 0 Å². The van der Waals surface area contributed by atoms with E-state index in [4.69, 9.17) is 10.7 Å². The second kappa shape index (κ2) is 2.13. The van der Waals surface area contributed by atoms with Crippen LogP contribution in [-0.2, 0) is 9.05 Å². The summed E-state index contributed by atoms with van der Waals surface area (Å²) in [7, 11) is 2.09. The summed E-state index contributed by atoms with van der Waals surface area (Å²) in [6.45, 7) is 0. The molecule has 2 atom stereocenters. The molecule has 0 unspecified atom stereocenters. The first-order valence-corrected chi connectivity index (χ1v) is 6.31. The Morgan fingerprint density at radius 2 is 2.09 bits per heavy atom. The first-order chi connectivity index (χ1) is 5.06. The first kappa shape index (κ1) is 7.87. The van der Waals surface area contributed by atoms with Crippen molar-refractivity contribution in [2.24, 2.45) is 5.92 Å². The maximum Gasteiger partial charge on any atom is 0.238 e. The minimum absolute atomic E-state index is 0.388. The van der Waals surface area contributed by atoms with E-state index in [-0.39, 0.29) is 0 Å². The van der Waals surface area contributed by atoms with Crippen molar-refractivity contribution >= 4 is 19.7 Å². The Labute approximate surface area is 71.3 Å². The zero-order chi connectivity index (χ0) is 8.11. The Morgan fingerprint density at radius 1 is 1.36 bits per heavy atom. The fourth-order valence-corrected chi connectivity index (χ4v) is 4.37. The predicted octanol–water partition coefficient (Wildman–Crippen LogP) is 1.89. The second-order valence-corrected chi connectivity index (χ2v) is 6.56. The van der Waals surface area contributed by atoms with E-state index >= 15 is 0 Å². The summed E-state index contributed by atoms with van der Waals surface area (Å²) < 4.78 is 21.8. The topological polar surface area (TPSA) is 34.1 Å². The van der Waals surface area contributed by atoms with Crippen LogP contribution >= 0.6 is 10.7 Å². The third kappa shape index (κ3) is 1.01. The van der Waals surface area contributed by atoms with Crippen molar-refractivity contribution < 1.29 is 8.42 Å². The van der Waals surface area contributed by atoms with Crippen molar-refractivity contribution in [2.45, 2.75) is 36.9 Å². The lowest BCUT2D eigenvalue weighted by Gasteiger charge is -2.17. The summed E-state index contributed by atoms with van der Waals surface area (Å²) in [4.78, 5) is 0. The molecule has 2 saturated carbocycles. The van der Waals surface area contributed by atoms with Gasteiger partial charge in [-0.05, 0) is 25.2 Å². The third-order valence-corrected chi connectivity index (χ3v) is 5.66. The molecule has 0 aromatic carbocycles. The highest BCUT2D eigenvalue weighted by Crippen LogP contribution is 2.59. The van der Waals surface area contributed by atoms with E-state index in [1.807, 2.05) is 0 Å². The van der Waals surface area contributed by atoms with Gasteiger partial charge in [0.05, 0.1) is 4.75 Å². The quantitative estimate of drug-likeness (QED) is 0.598. The van der Waals surface area contributed by atoms with Gasteiger partial charge < -0.3 is 0 Å². The molecule has 2 rings (SSSR count). The Kier molecular flexibility index (Phi) is 1.53. The van der Waals surface area contributed by atoms with Gasteiger partial charge in [-0.1, -0.05) is 12.8 Å².